The second-order valence-corrected chi connectivity index (χ2v) is 11.4. The molecule has 6 nitrogen and oxygen atoms in total. The summed E-state index contributed by atoms with van der Waals surface area (Å²) in [4.78, 5) is 29.7. The Morgan fingerprint density at radius 1 is 0.595 bits per heavy atom. The van der Waals surface area contributed by atoms with Crippen LogP contribution in [0.15, 0.2) is 84.9 Å². The van der Waals surface area contributed by atoms with Gasteiger partial charge >= 0.3 is 0 Å². The first kappa shape index (κ1) is 26.3. The second kappa shape index (κ2) is 9.76. The average molecular weight is 561 g/mol. The van der Waals surface area contributed by atoms with Crippen molar-refractivity contribution in [2.24, 2.45) is 11.3 Å². The first-order valence-electron chi connectivity index (χ1n) is 14.2. The maximum absolute atomic E-state index is 15.1. The van der Waals surface area contributed by atoms with Crippen LogP contribution in [-0.4, -0.2) is 40.0 Å². The Labute approximate surface area is 245 Å². The quantitative estimate of drug-likeness (QED) is 0.264. The molecule has 42 heavy (non-hydrogen) atoms. The highest BCUT2D eigenvalue weighted by Crippen LogP contribution is 2.73. The van der Waals surface area contributed by atoms with Gasteiger partial charge < -0.3 is 18.9 Å². The highest BCUT2D eigenvalue weighted by atomic mass is 16.5. The molecule has 0 aliphatic heterocycles. The van der Waals surface area contributed by atoms with Crippen LogP contribution in [0.5, 0.6) is 23.0 Å². The van der Waals surface area contributed by atoms with Crippen LogP contribution in [0.4, 0.5) is 0 Å². The van der Waals surface area contributed by atoms with Gasteiger partial charge in [-0.2, -0.15) is 0 Å². The third-order valence-corrected chi connectivity index (χ3v) is 9.78. The zero-order chi connectivity index (χ0) is 29.2. The predicted molar refractivity (Wildman–Crippen MR) is 158 cm³/mol. The summed E-state index contributed by atoms with van der Waals surface area (Å²) in [5.41, 5.74) is 4.23. The van der Waals surface area contributed by atoms with E-state index >= 15 is 4.79 Å². The van der Waals surface area contributed by atoms with E-state index in [1.165, 1.54) is 0 Å². The van der Waals surface area contributed by atoms with Crippen LogP contribution in [0.25, 0.3) is 0 Å². The van der Waals surface area contributed by atoms with Gasteiger partial charge in [-0.1, -0.05) is 60.7 Å². The van der Waals surface area contributed by atoms with Gasteiger partial charge in [0.1, 0.15) is 0 Å². The molecule has 3 aliphatic rings. The van der Waals surface area contributed by atoms with Gasteiger partial charge in [-0.25, -0.2) is 0 Å². The monoisotopic (exact) mass is 560 g/mol. The fourth-order valence-corrected chi connectivity index (χ4v) is 8.26. The van der Waals surface area contributed by atoms with Gasteiger partial charge in [-0.15, -0.1) is 0 Å². The van der Waals surface area contributed by atoms with Gasteiger partial charge in [-0.3, -0.25) is 9.59 Å². The Bertz CT molecular complexity index is 1710. The Morgan fingerprint density at radius 2 is 1.07 bits per heavy atom. The van der Waals surface area contributed by atoms with Gasteiger partial charge in [-0.05, 0) is 52.9 Å². The number of ether oxygens (including phenoxy) is 4. The molecule has 7 rings (SSSR count). The molecule has 0 bridgehead atoms. The summed E-state index contributed by atoms with van der Waals surface area (Å²) in [6, 6.07) is 27.8. The number of carbonyl (C=O) groups is 2. The first-order valence-corrected chi connectivity index (χ1v) is 14.2. The van der Waals surface area contributed by atoms with Crippen molar-refractivity contribution in [3.05, 3.63) is 118 Å². The lowest BCUT2D eigenvalue weighted by atomic mass is 9.62. The van der Waals surface area contributed by atoms with Gasteiger partial charge in [0, 0.05) is 34.8 Å². The smallest absolute Gasteiger partial charge is 0.171 e. The highest BCUT2D eigenvalue weighted by molar-refractivity contribution is 6.11. The van der Waals surface area contributed by atoms with Crippen molar-refractivity contribution < 1.29 is 28.5 Å². The normalized spacial score (nSPS) is 25.2. The summed E-state index contributed by atoms with van der Waals surface area (Å²) in [6.07, 6.45) is 0.490. The minimum Gasteiger partial charge on any atom is -0.493 e. The summed E-state index contributed by atoms with van der Waals surface area (Å²) in [6.45, 7) is 0. The standard InChI is InChI=1S/C36H32O6/c1-39-26-15-22-19-36(35(38)23(22)16-27(26)40-2)32(20-11-7-5-8-12-20)30-24-17-28(41-3)29(42-4)18-25(24)34(37)31(30)33(36)21-13-9-6-10-14-21/h5-18,30-33H,19H2,1-4H3. The maximum Gasteiger partial charge on any atom is 0.171 e. The summed E-state index contributed by atoms with van der Waals surface area (Å²) in [7, 11) is 6.37. The van der Waals surface area contributed by atoms with E-state index in [9.17, 15) is 4.79 Å². The molecule has 1 saturated carbocycles. The van der Waals surface area contributed by atoms with Crippen LogP contribution < -0.4 is 18.9 Å². The lowest BCUT2D eigenvalue weighted by Gasteiger charge is -2.38. The van der Waals surface area contributed by atoms with E-state index in [4.69, 9.17) is 18.9 Å². The zero-order valence-electron chi connectivity index (χ0n) is 24.0. The Morgan fingerprint density at radius 3 is 1.62 bits per heavy atom. The average Bonchev–Trinajstić information content (AvgIpc) is 3.60. The SMILES string of the molecule is COc1cc2c(cc1OC)C(=O)C1(C2)C(c2ccccc2)C2C(=O)c3cc(OC)c(OC)cc3C2C1c1ccccc1. The maximum atomic E-state index is 15.1. The summed E-state index contributed by atoms with van der Waals surface area (Å²) in [5, 5.41) is 0. The van der Waals surface area contributed by atoms with Crippen LogP contribution >= 0.6 is 0 Å². The fraction of sp³-hybridized carbons (Fsp3) is 0.278. The van der Waals surface area contributed by atoms with Crippen molar-refractivity contribution in [1.29, 1.82) is 0 Å². The first-order chi connectivity index (χ1) is 20.5. The number of Topliss-reactive ketones (excluding diaryl/α,β-unsaturated/α-hetero) is 2. The molecule has 0 saturated heterocycles. The van der Waals surface area contributed by atoms with Crippen LogP contribution in [-0.2, 0) is 6.42 Å². The van der Waals surface area contributed by atoms with E-state index in [-0.39, 0.29) is 29.3 Å². The summed E-state index contributed by atoms with van der Waals surface area (Å²) < 4.78 is 22.6. The fourth-order valence-electron chi connectivity index (χ4n) is 8.26. The van der Waals surface area contributed by atoms with Crippen LogP contribution in [0.2, 0.25) is 0 Å². The number of hydrogen-bond donors (Lipinski definition) is 0. The number of methoxy groups -OCH3 is 4. The van der Waals surface area contributed by atoms with E-state index in [0.29, 0.717) is 40.5 Å². The van der Waals surface area contributed by atoms with Gasteiger partial charge in [0.25, 0.3) is 0 Å². The Kier molecular flexibility index (Phi) is 6.12. The molecule has 0 radical (unpaired) electrons. The van der Waals surface area contributed by atoms with Gasteiger partial charge in [0.15, 0.2) is 34.6 Å². The Hall–Kier alpha value is -4.58. The molecule has 212 valence electrons. The van der Waals surface area contributed by atoms with E-state index < -0.39 is 11.3 Å². The van der Waals surface area contributed by atoms with Crippen molar-refractivity contribution >= 4 is 11.6 Å². The number of hydrogen-bond acceptors (Lipinski definition) is 6. The zero-order valence-corrected chi connectivity index (χ0v) is 24.0. The molecule has 6 heteroatoms. The topological polar surface area (TPSA) is 71.1 Å². The lowest BCUT2D eigenvalue weighted by molar-refractivity contribution is 0.0745. The molecule has 1 fully saturated rings. The predicted octanol–water partition coefficient (Wildman–Crippen LogP) is 6.62. The molecular formula is C36H32O6. The van der Waals surface area contributed by atoms with E-state index in [2.05, 4.69) is 24.3 Å². The third kappa shape index (κ3) is 3.44. The van der Waals surface area contributed by atoms with Crippen molar-refractivity contribution in [3.8, 4) is 23.0 Å². The molecule has 0 N–H and O–H groups in total. The molecule has 0 heterocycles. The van der Waals surface area contributed by atoms with Crippen LogP contribution in [0, 0.1) is 11.3 Å². The van der Waals surface area contributed by atoms with Crippen molar-refractivity contribution in [1.82, 2.24) is 0 Å². The van der Waals surface area contributed by atoms with E-state index in [0.717, 1.165) is 22.3 Å². The second-order valence-electron chi connectivity index (χ2n) is 11.4. The van der Waals surface area contributed by atoms with Crippen LogP contribution in [0.3, 0.4) is 0 Å². The molecule has 1 spiro atoms. The third-order valence-electron chi connectivity index (χ3n) is 9.78. The highest BCUT2D eigenvalue weighted by Gasteiger charge is 2.70. The summed E-state index contributed by atoms with van der Waals surface area (Å²) >= 11 is 0. The molecule has 5 unspecified atom stereocenters. The largest absolute Gasteiger partial charge is 0.493 e. The minimum atomic E-state index is -0.905. The number of ketones is 2. The van der Waals surface area contributed by atoms with Crippen LogP contribution in [0.1, 0.15) is 60.7 Å². The molecule has 0 amide bonds. The van der Waals surface area contributed by atoms with E-state index in [1.807, 2.05) is 60.7 Å². The molecular weight excluding hydrogens is 528 g/mol. The van der Waals surface area contributed by atoms with Crippen molar-refractivity contribution in [3.63, 3.8) is 0 Å². The summed E-state index contributed by atoms with van der Waals surface area (Å²) in [5.74, 6) is 0.993. The van der Waals surface area contributed by atoms with E-state index in [1.54, 1.807) is 28.4 Å². The molecule has 3 aliphatic carbocycles. The Balaban J connectivity index is 1.54. The molecule has 5 atom stereocenters. The molecule has 0 aromatic heterocycles. The van der Waals surface area contributed by atoms with Crippen molar-refractivity contribution in [2.45, 2.75) is 24.2 Å². The van der Waals surface area contributed by atoms with Gasteiger partial charge in [0.2, 0.25) is 0 Å². The van der Waals surface area contributed by atoms with Crippen molar-refractivity contribution in [2.75, 3.05) is 28.4 Å². The molecule has 4 aromatic carbocycles. The number of rotatable bonds is 6. The number of benzene rings is 4. The molecule has 4 aromatic rings. The minimum absolute atomic E-state index is 0.0431. The number of carbonyl (C=O) groups excluding carboxylic acids is 2. The lowest BCUT2D eigenvalue weighted by Crippen LogP contribution is -2.38. The van der Waals surface area contributed by atoms with Gasteiger partial charge in [0.05, 0.1) is 33.9 Å². The number of fused-ring (bicyclic) bond motifs is 4.